The van der Waals surface area contributed by atoms with Crippen molar-refractivity contribution in [3.8, 4) is 0 Å². The van der Waals surface area contributed by atoms with Crippen molar-refractivity contribution >= 4 is 0 Å². The molecular formula is C8H15N3O2. The van der Waals surface area contributed by atoms with Crippen LogP contribution >= 0.6 is 0 Å². The van der Waals surface area contributed by atoms with E-state index in [1.54, 1.807) is 7.11 Å². The number of aryl methyl sites for hydroxylation is 1. The zero-order chi connectivity index (χ0) is 9.52. The fraction of sp³-hybridized carbons (Fsp3) is 0.750. The molecule has 1 aromatic rings. The van der Waals surface area contributed by atoms with Crippen LogP contribution in [0.25, 0.3) is 0 Å². The van der Waals surface area contributed by atoms with Gasteiger partial charge in [0.05, 0.1) is 13.2 Å². The SMILES string of the molecule is CCc1n[nH]c(COCCOC)n1. The number of hydrogen-bond acceptors (Lipinski definition) is 4. The standard InChI is InChI=1S/C8H15N3O2/c1-3-7-9-8(11-10-7)6-13-5-4-12-2/h3-6H2,1-2H3,(H,9,10,11). The first-order valence-corrected chi connectivity index (χ1v) is 4.33. The van der Waals surface area contributed by atoms with Gasteiger partial charge in [0.2, 0.25) is 0 Å². The molecule has 0 saturated heterocycles. The molecule has 0 spiro atoms. The highest BCUT2D eigenvalue weighted by molar-refractivity contribution is 4.87. The van der Waals surface area contributed by atoms with Crippen LogP contribution in [0.2, 0.25) is 0 Å². The summed E-state index contributed by atoms with van der Waals surface area (Å²) in [6.07, 6.45) is 0.842. The summed E-state index contributed by atoms with van der Waals surface area (Å²) < 4.78 is 10.1. The van der Waals surface area contributed by atoms with E-state index in [0.717, 1.165) is 18.1 Å². The molecule has 74 valence electrons. The van der Waals surface area contributed by atoms with Gasteiger partial charge in [-0.25, -0.2) is 4.98 Å². The van der Waals surface area contributed by atoms with Crippen molar-refractivity contribution in [2.45, 2.75) is 20.0 Å². The van der Waals surface area contributed by atoms with Crippen LogP contribution in [-0.2, 0) is 22.5 Å². The van der Waals surface area contributed by atoms with E-state index in [0.29, 0.717) is 19.8 Å². The quantitative estimate of drug-likeness (QED) is 0.657. The van der Waals surface area contributed by atoms with Gasteiger partial charge in [-0.15, -0.1) is 0 Å². The van der Waals surface area contributed by atoms with Crippen LogP contribution in [-0.4, -0.2) is 35.5 Å². The van der Waals surface area contributed by atoms with Crippen molar-refractivity contribution in [3.05, 3.63) is 11.6 Å². The molecular weight excluding hydrogens is 170 g/mol. The molecule has 0 aliphatic rings. The van der Waals surface area contributed by atoms with E-state index in [2.05, 4.69) is 15.2 Å². The number of ether oxygens (including phenoxy) is 2. The Hall–Kier alpha value is -0.940. The highest BCUT2D eigenvalue weighted by Crippen LogP contribution is 1.95. The van der Waals surface area contributed by atoms with Gasteiger partial charge in [-0.1, -0.05) is 6.92 Å². The lowest BCUT2D eigenvalue weighted by molar-refractivity contribution is 0.0587. The average Bonchev–Trinajstić information content (AvgIpc) is 2.60. The van der Waals surface area contributed by atoms with Crippen LogP contribution in [0.1, 0.15) is 18.6 Å². The third-order valence-corrected chi connectivity index (χ3v) is 1.56. The second kappa shape index (κ2) is 5.66. The molecule has 0 aliphatic heterocycles. The summed E-state index contributed by atoms with van der Waals surface area (Å²) in [7, 11) is 1.65. The maximum Gasteiger partial charge on any atom is 0.150 e. The third kappa shape index (κ3) is 3.52. The zero-order valence-corrected chi connectivity index (χ0v) is 8.04. The number of aromatic nitrogens is 3. The molecule has 0 fully saturated rings. The van der Waals surface area contributed by atoms with Gasteiger partial charge in [-0.3, -0.25) is 5.10 Å². The van der Waals surface area contributed by atoms with E-state index in [1.165, 1.54) is 0 Å². The van der Waals surface area contributed by atoms with Gasteiger partial charge in [-0.2, -0.15) is 5.10 Å². The molecule has 1 aromatic heterocycles. The Kier molecular flexibility index (Phi) is 4.42. The first-order chi connectivity index (χ1) is 6.36. The number of rotatable bonds is 6. The molecule has 0 saturated carbocycles. The van der Waals surface area contributed by atoms with Crippen molar-refractivity contribution in [1.82, 2.24) is 15.2 Å². The highest BCUT2D eigenvalue weighted by atomic mass is 16.5. The van der Waals surface area contributed by atoms with Crippen molar-refractivity contribution in [2.75, 3.05) is 20.3 Å². The summed E-state index contributed by atoms with van der Waals surface area (Å²) in [5, 5.41) is 6.79. The molecule has 0 aromatic carbocycles. The minimum Gasteiger partial charge on any atom is -0.382 e. The van der Waals surface area contributed by atoms with E-state index in [1.807, 2.05) is 6.92 Å². The Morgan fingerprint density at radius 2 is 2.23 bits per heavy atom. The molecule has 1 rings (SSSR count). The summed E-state index contributed by atoms with van der Waals surface area (Å²) >= 11 is 0. The van der Waals surface area contributed by atoms with Crippen LogP contribution in [0, 0.1) is 0 Å². The van der Waals surface area contributed by atoms with Crippen molar-refractivity contribution in [2.24, 2.45) is 0 Å². The maximum absolute atomic E-state index is 5.26. The highest BCUT2D eigenvalue weighted by Gasteiger charge is 1.99. The summed E-state index contributed by atoms with van der Waals surface area (Å²) in [5.74, 6) is 1.60. The number of aromatic amines is 1. The first kappa shape index (κ1) is 10.1. The van der Waals surface area contributed by atoms with Gasteiger partial charge in [-0.05, 0) is 0 Å². The Morgan fingerprint density at radius 3 is 2.85 bits per heavy atom. The minimum absolute atomic E-state index is 0.469. The van der Waals surface area contributed by atoms with E-state index >= 15 is 0 Å². The van der Waals surface area contributed by atoms with Gasteiger partial charge in [0.25, 0.3) is 0 Å². The second-order valence-electron chi connectivity index (χ2n) is 2.60. The minimum atomic E-state index is 0.469. The Balaban J connectivity index is 2.20. The van der Waals surface area contributed by atoms with Crippen LogP contribution in [0.3, 0.4) is 0 Å². The van der Waals surface area contributed by atoms with Crippen molar-refractivity contribution in [1.29, 1.82) is 0 Å². The molecule has 0 amide bonds. The monoisotopic (exact) mass is 185 g/mol. The van der Waals surface area contributed by atoms with E-state index < -0.39 is 0 Å². The van der Waals surface area contributed by atoms with E-state index in [4.69, 9.17) is 9.47 Å². The molecule has 1 heterocycles. The third-order valence-electron chi connectivity index (χ3n) is 1.56. The van der Waals surface area contributed by atoms with Crippen LogP contribution in [0.4, 0.5) is 0 Å². The maximum atomic E-state index is 5.26. The molecule has 0 bridgehead atoms. The van der Waals surface area contributed by atoms with E-state index in [9.17, 15) is 0 Å². The number of nitrogens with one attached hydrogen (secondary N) is 1. The first-order valence-electron chi connectivity index (χ1n) is 4.33. The van der Waals surface area contributed by atoms with Gasteiger partial charge in [0, 0.05) is 13.5 Å². The molecule has 0 aliphatic carbocycles. The molecule has 0 radical (unpaired) electrons. The second-order valence-corrected chi connectivity index (χ2v) is 2.60. The average molecular weight is 185 g/mol. The largest absolute Gasteiger partial charge is 0.382 e. The molecule has 0 unspecified atom stereocenters. The van der Waals surface area contributed by atoms with Crippen molar-refractivity contribution in [3.63, 3.8) is 0 Å². The molecule has 0 atom stereocenters. The van der Waals surface area contributed by atoms with Crippen LogP contribution in [0.5, 0.6) is 0 Å². The molecule has 5 heteroatoms. The summed E-state index contributed by atoms with van der Waals surface area (Å²) in [6, 6.07) is 0. The number of hydrogen-bond donors (Lipinski definition) is 1. The lowest BCUT2D eigenvalue weighted by Crippen LogP contribution is -2.02. The Morgan fingerprint density at radius 1 is 1.38 bits per heavy atom. The lowest BCUT2D eigenvalue weighted by atomic mass is 10.5. The van der Waals surface area contributed by atoms with Gasteiger partial charge >= 0.3 is 0 Å². The number of methoxy groups -OCH3 is 1. The zero-order valence-electron chi connectivity index (χ0n) is 8.04. The summed E-state index contributed by atoms with van der Waals surface area (Å²) in [6.45, 7) is 3.67. The smallest absolute Gasteiger partial charge is 0.150 e. The van der Waals surface area contributed by atoms with Gasteiger partial charge in [0.1, 0.15) is 6.61 Å². The van der Waals surface area contributed by atoms with Crippen LogP contribution in [0.15, 0.2) is 0 Å². The van der Waals surface area contributed by atoms with Gasteiger partial charge < -0.3 is 9.47 Å². The summed E-state index contributed by atoms with van der Waals surface area (Å²) in [5.41, 5.74) is 0. The molecule has 5 nitrogen and oxygen atoms in total. The fourth-order valence-corrected chi connectivity index (χ4v) is 0.869. The lowest BCUT2D eigenvalue weighted by Gasteiger charge is -1.99. The number of nitrogens with zero attached hydrogens (tertiary/aromatic N) is 2. The van der Waals surface area contributed by atoms with E-state index in [-0.39, 0.29) is 0 Å². The van der Waals surface area contributed by atoms with Crippen LogP contribution < -0.4 is 0 Å². The topological polar surface area (TPSA) is 60.0 Å². The van der Waals surface area contributed by atoms with Gasteiger partial charge in [0.15, 0.2) is 11.6 Å². The summed E-state index contributed by atoms with van der Waals surface area (Å²) in [4.78, 5) is 4.19. The molecule has 1 N–H and O–H groups in total. The Bertz CT molecular complexity index is 237. The predicted molar refractivity (Wildman–Crippen MR) is 47.3 cm³/mol. The normalized spacial score (nSPS) is 10.6. The predicted octanol–water partition coefficient (Wildman–Crippen LogP) is 0.530. The fourth-order valence-electron chi connectivity index (χ4n) is 0.869. The number of H-pyrrole nitrogens is 1. The Labute approximate surface area is 77.5 Å². The molecule has 13 heavy (non-hydrogen) atoms. The van der Waals surface area contributed by atoms with Crippen molar-refractivity contribution < 1.29 is 9.47 Å².